The maximum Gasteiger partial charge on any atom is 0.306 e. The van der Waals surface area contributed by atoms with Crippen LogP contribution in [0, 0.1) is 23.7 Å². The van der Waals surface area contributed by atoms with Gasteiger partial charge in [0.1, 0.15) is 0 Å². The van der Waals surface area contributed by atoms with E-state index in [4.69, 9.17) is 0 Å². The smallest absolute Gasteiger partial charge is 0.306 e. The van der Waals surface area contributed by atoms with Gasteiger partial charge in [0.05, 0.1) is 17.6 Å². The summed E-state index contributed by atoms with van der Waals surface area (Å²) in [7, 11) is 0. The Hall–Kier alpha value is -0.870. The number of allylic oxidation sites excluding steroid dienone is 1. The Morgan fingerprint density at radius 3 is 2.38 bits per heavy atom. The molecule has 0 radical (unpaired) electrons. The minimum absolute atomic E-state index is 0.00498. The van der Waals surface area contributed by atoms with Crippen LogP contribution in [0.25, 0.3) is 0 Å². The normalized spacial score (nSPS) is 29.8. The summed E-state index contributed by atoms with van der Waals surface area (Å²) in [6.45, 7) is 8.14. The number of unbranched alkanes of at least 4 members (excludes halogenated alkanes) is 4. The SMILES string of the molecule is CCCCCC(C(=O)O)[C@H]1[C@@H](C=CC(C)(O)CCCCC)[C@H](C)C[C@@H]1O. The number of hydrogen-bond donors (Lipinski definition) is 3. The Morgan fingerprint density at radius 2 is 1.81 bits per heavy atom. The first-order valence-electron chi connectivity index (χ1n) is 10.6. The first-order chi connectivity index (χ1) is 12.2. The fourth-order valence-corrected chi connectivity index (χ4v) is 4.41. The van der Waals surface area contributed by atoms with Crippen molar-refractivity contribution in [2.75, 3.05) is 0 Å². The number of carboxylic acids is 1. The van der Waals surface area contributed by atoms with Gasteiger partial charge in [-0.05, 0) is 38.0 Å². The second kappa shape index (κ2) is 11.1. The minimum Gasteiger partial charge on any atom is -0.481 e. The molecule has 0 aromatic rings. The lowest BCUT2D eigenvalue weighted by Gasteiger charge is -2.29. The van der Waals surface area contributed by atoms with E-state index in [0.29, 0.717) is 19.3 Å². The molecule has 1 saturated carbocycles. The first-order valence-corrected chi connectivity index (χ1v) is 10.6. The minimum atomic E-state index is -0.867. The van der Waals surface area contributed by atoms with Gasteiger partial charge in [0.25, 0.3) is 0 Å². The van der Waals surface area contributed by atoms with Crippen LogP contribution in [-0.4, -0.2) is 33.0 Å². The number of aliphatic carboxylic acids is 1. The Balaban J connectivity index is 2.87. The van der Waals surface area contributed by atoms with E-state index >= 15 is 0 Å². The van der Waals surface area contributed by atoms with E-state index in [9.17, 15) is 20.1 Å². The molecule has 0 amide bonds. The van der Waals surface area contributed by atoms with Crippen molar-refractivity contribution < 1.29 is 20.1 Å². The van der Waals surface area contributed by atoms with Crippen molar-refractivity contribution in [3.8, 4) is 0 Å². The van der Waals surface area contributed by atoms with E-state index in [1.807, 2.05) is 19.1 Å². The molecule has 1 aliphatic carbocycles. The summed E-state index contributed by atoms with van der Waals surface area (Å²) in [5.41, 5.74) is -0.867. The summed E-state index contributed by atoms with van der Waals surface area (Å²) >= 11 is 0. The van der Waals surface area contributed by atoms with Gasteiger partial charge in [0, 0.05) is 5.92 Å². The molecule has 0 bridgehead atoms. The molecule has 0 spiro atoms. The Bertz CT molecular complexity index is 443. The van der Waals surface area contributed by atoms with Gasteiger partial charge in [0.15, 0.2) is 0 Å². The number of rotatable bonds is 12. The van der Waals surface area contributed by atoms with Gasteiger partial charge in [-0.25, -0.2) is 0 Å². The molecule has 1 aliphatic rings. The van der Waals surface area contributed by atoms with Crippen LogP contribution < -0.4 is 0 Å². The average molecular weight is 369 g/mol. The van der Waals surface area contributed by atoms with Crippen LogP contribution in [0.1, 0.15) is 85.5 Å². The number of carboxylic acid groups (broad SMARTS) is 1. The molecule has 0 saturated heterocycles. The van der Waals surface area contributed by atoms with E-state index < -0.39 is 23.6 Å². The molecule has 0 aromatic carbocycles. The lowest BCUT2D eigenvalue weighted by molar-refractivity contribution is -0.146. The maximum atomic E-state index is 11.9. The van der Waals surface area contributed by atoms with Crippen molar-refractivity contribution in [2.24, 2.45) is 23.7 Å². The Kier molecular flexibility index (Phi) is 9.88. The molecule has 2 unspecified atom stereocenters. The van der Waals surface area contributed by atoms with Crippen molar-refractivity contribution >= 4 is 5.97 Å². The highest BCUT2D eigenvalue weighted by Crippen LogP contribution is 2.44. The molecule has 152 valence electrons. The summed E-state index contributed by atoms with van der Waals surface area (Å²) in [6, 6.07) is 0. The monoisotopic (exact) mass is 368 g/mol. The zero-order chi connectivity index (χ0) is 19.7. The maximum absolute atomic E-state index is 11.9. The summed E-state index contributed by atoms with van der Waals surface area (Å²) in [5.74, 6) is -1.34. The lowest BCUT2D eigenvalue weighted by atomic mass is 9.77. The molecule has 4 nitrogen and oxygen atoms in total. The van der Waals surface area contributed by atoms with Crippen LogP contribution in [-0.2, 0) is 4.79 Å². The number of carbonyl (C=O) groups is 1. The van der Waals surface area contributed by atoms with E-state index in [2.05, 4.69) is 20.8 Å². The zero-order valence-electron chi connectivity index (χ0n) is 17.2. The third kappa shape index (κ3) is 7.03. The molecule has 4 heteroatoms. The van der Waals surface area contributed by atoms with E-state index in [-0.39, 0.29) is 17.8 Å². The highest BCUT2D eigenvalue weighted by molar-refractivity contribution is 5.70. The van der Waals surface area contributed by atoms with Gasteiger partial charge in [-0.1, -0.05) is 71.4 Å². The Labute approximate surface area is 159 Å². The summed E-state index contributed by atoms with van der Waals surface area (Å²) < 4.78 is 0. The topological polar surface area (TPSA) is 77.8 Å². The predicted molar refractivity (Wildman–Crippen MR) is 106 cm³/mol. The van der Waals surface area contributed by atoms with Crippen molar-refractivity contribution in [2.45, 2.75) is 97.2 Å². The lowest BCUT2D eigenvalue weighted by Crippen LogP contribution is -2.33. The second-order valence-corrected chi connectivity index (χ2v) is 8.55. The van der Waals surface area contributed by atoms with Crippen molar-refractivity contribution in [3.63, 3.8) is 0 Å². The molecular weight excluding hydrogens is 328 g/mol. The van der Waals surface area contributed by atoms with E-state index in [1.165, 1.54) is 0 Å². The highest BCUT2D eigenvalue weighted by atomic mass is 16.4. The summed E-state index contributed by atoms with van der Waals surface area (Å²) in [6.07, 6.45) is 11.4. The van der Waals surface area contributed by atoms with Gasteiger partial charge in [-0.2, -0.15) is 0 Å². The fraction of sp³-hybridized carbons (Fsp3) is 0.864. The van der Waals surface area contributed by atoms with Gasteiger partial charge in [-0.15, -0.1) is 0 Å². The van der Waals surface area contributed by atoms with Gasteiger partial charge in [0.2, 0.25) is 0 Å². The zero-order valence-corrected chi connectivity index (χ0v) is 17.2. The molecule has 1 rings (SSSR count). The number of aliphatic hydroxyl groups excluding tert-OH is 1. The molecule has 0 aliphatic heterocycles. The molecule has 0 heterocycles. The van der Waals surface area contributed by atoms with E-state index in [1.54, 1.807) is 0 Å². The van der Waals surface area contributed by atoms with Gasteiger partial charge in [-0.3, -0.25) is 4.79 Å². The largest absolute Gasteiger partial charge is 0.481 e. The van der Waals surface area contributed by atoms with E-state index in [0.717, 1.165) is 38.5 Å². The number of hydrogen-bond acceptors (Lipinski definition) is 3. The molecule has 6 atom stereocenters. The third-order valence-electron chi connectivity index (χ3n) is 6.02. The van der Waals surface area contributed by atoms with Crippen LogP contribution in [0.3, 0.4) is 0 Å². The fourth-order valence-electron chi connectivity index (χ4n) is 4.41. The molecule has 3 N–H and O–H groups in total. The second-order valence-electron chi connectivity index (χ2n) is 8.55. The predicted octanol–water partition coefficient (Wildman–Crippen LogP) is 4.79. The quantitative estimate of drug-likeness (QED) is 0.342. The molecule has 26 heavy (non-hydrogen) atoms. The van der Waals surface area contributed by atoms with Crippen LogP contribution in [0.4, 0.5) is 0 Å². The Morgan fingerprint density at radius 1 is 1.19 bits per heavy atom. The molecular formula is C22H40O4. The standard InChI is InChI=1S/C22H40O4/c1-5-7-9-11-18(21(24)25)20-17(16(3)15-19(20)23)12-14-22(4,26)13-10-8-6-2/h12,14,16-20,23,26H,5-11,13,15H2,1-4H3,(H,24,25)/t16-,17+,18?,19+,20-,22?/m1/s1. The summed E-state index contributed by atoms with van der Waals surface area (Å²) in [4.78, 5) is 11.9. The van der Waals surface area contributed by atoms with Crippen LogP contribution in [0.15, 0.2) is 12.2 Å². The first kappa shape index (κ1) is 23.2. The average Bonchev–Trinajstić information content (AvgIpc) is 2.83. The highest BCUT2D eigenvalue weighted by Gasteiger charge is 2.45. The third-order valence-corrected chi connectivity index (χ3v) is 6.02. The van der Waals surface area contributed by atoms with Gasteiger partial charge >= 0.3 is 5.97 Å². The van der Waals surface area contributed by atoms with Crippen molar-refractivity contribution in [1.82, 2.24) is 0 Å². The molecule has 0 aromatic heterocycles. The van der Waals surface area contributed by atoms with Gasteiger partial charge < -0.3 is 15.3 Å². The number of aliphatic hydroxyl groups is 2. The van der Waals surface area contributed by atoms with Crippen LogP contribution in [0.2, 0.25) is 0 Å². The van der Waals surface area contributed by atoms with Crippen molar-refractivity contribution in [1.29, 1.82) is 0 Å². The summed E-state index contributed by atoms with van der Waals surface area (Å²) in [5, 5.41) is 30.9. The van der Waals surface area contributed by atoms with Crippen LogP contribution in [0.5, 0.6) is 0 Å². The molecule has 1 fully saturated rings. The van der Waals surface area contributed by atoms with Crippen molar-refractivity contribution in [3.05, 3.63) is 12.2 Å². The van der Waals surface area contributed by atoms with Crippen LogP contribution >= 0.6 is 0 Å².